The molecule has 2 N–H and O–H groups in total. The zero-order chi connectivity index (χ0) is 15.9. The lowest BCUT2D eigenvalue weighted by molar-refractivity contribution is -0.115. The van der Waals surface area contributed by atoms with Gasteiger partial charge in [0.25, 0.3) is 5.91 Å². The molecular formula is C14H16N2O4S2. The lowest BCUT2D eigenvalue weighted by Crippen LogP contribution is -2.35. The first-order valence-electron chi connectivity index (χ1n) is 6.97. The van der Waals surface area contributed by atoms with Crippen molar-refractivity contribution in [2.24, 2.45) is 0 Å². The van der Waals surface area contributed by atoms with E-state index in [1.807, 2.05) is 6.92 Å². The largest absolute Gasteiger partial charge is 0.348 e. The molecule has 0 aromatic heterocycles. The number of rotatable bonds is 2. The van der Waals surface area contributed by atoms with E-state index < -0.39 is 9.84 Å². The van der Waals surface area contributed by atoms with Crippen molar-refractivity contribution in [3.05, 3.63) is 23.8 Å². The van der Waals surface area contributed by atoms with Gasteiger partial charge in [-0.25, -0.2) is 8.42 Å². The third-order valence-corrected chi connectivity index (χ3v) is 6.69. The summed E-state index contributed by atoms with van der Waals surface area (Å²) < 4.78 is 22.8. The molecule has 2 aliphatic heterocycles. The van der Waals surface area contributed by atoms with E-state index in [4.69, 9.17) is 0 Å². The average Bonchev–Trinajstić information content (AvgIpc) is 2.78. The Balaban J connectivity index is 1.74. The minimum Gasteiger partial charge on any atom is -0.348 e. The summed E-state index contributed by atoms with van der Waals surface area (Å²) in [5, 5.41) is 5.36. The third-order valence-electron chi connectivity index (χ3n) is 3.74. The summed E-state index contributed by atoms with van der Waals surface area (Å²) >= 11 is 1.45. The summed E-state index contributed by atoms with van der Waals surface area (Å²) in [6.45, 7) is 1.82. The molecule has 2 heterocycles. The van der Waals surface area contributed by atoms with E-state index in [-0.39, 0.29) is 34.6 Å². The van der Waals surface area contributed by atoms with Gasteiger partial charge in [0.2, 0.25) is 5.91 Å². The van der Waals surface area contributed by atoms with Gasteiger partial charge in [0, 0.05) is 16.5 Å². The molecule has 1 fully saturated rings. The third kappa shape index (κ3) is 3.12. The second kappa shape index (κ2) is 5.58. The minimum absolute atomic E-state index is 0.00617. The second-order valence-corrected chi connectivity index (χ2v) is 9.15. The van der Waals surface area contributed by atoms with Crippen molar-refractivity contribution < 1.29 is 18.0 Å². The molecule has 0 spiro atoms. The predicted octanol–water partition coefficient (Wildman–Crippen LogP) is 1.04. The molecule has 0 aliphatic carbocycles. The summed E-state index contributed by atoms with van der Waals surface area (Å²) in [7, 11) is -3.03. The van der Waals surface area contributed by atoms with Gasteiger partial charge in [0.1, 0.15) is 0 Å². The Morgan fingerprint density at radius 1 is 1.41 bits per heavy atom. The number of fused-ring (bicyclic) bond motifs is 1. The predicted molar refractivity (Wildman–Crippen MR) is 84.9 cm³/mol. The number of thioether (sulfide) groups is 1. The van der Waals surface area contributed by atoms with Crippen molar-refractivity contribution in [1.82, 2.24) is 5.32 Å². The molecular weight excluding hydrogens is 324 g/mol. The standard InChI is InChI=1S/C14H16N2O4S2/c1-8-13(17)16-11-6-9(2-3-12(11)21-8)14(18)15-10-4-5-22(19,20)7-10/h2-3,6,8,10H,4-5,7H2,1H3,(H,15,18)(H,16,17). The van der Waals surface area contributed by atoms with Crippen LogP contribution in [0, 0.1) is 0 Å². The number of hydrogen-bond acceptors (Lipinski definition) is 5. The highest BCUT2D eigenvalue weighted by Gasteiger charge is 2.29. The Labute approximate surface area is 133 Å². The molecule has 1 saturated heterocycles. The average molecular weight is 340 g/mol. The van der Waals surface area contributed by atoms with Gasteiger partial charge in [0.15, 0.2) is 9.84 Å². The topological polar surface area (TPSA) is 92.3 Å². The van der Waals surface area contributed by atoms with E-state index >= 15 is 0 Å². The Morgan fingerprint density at radius 3 is 2.86 bits per heavy atom. The van der Waals surface area contributed by atoms with Crippen LogP contribution in [0.15, 0.2) is 23.1 Å². The van der Waals surface area contributed by atoms with Crippen LogP contribution in [0.5, 0.6) is 0 Å². The number of sulfone groups is 1. The Kier molecular flexibility index (Phi) is 3.90. The molecule has 1 aromatic carbocycles. The lowest BCUT2D eigenvalue weighted by atomic mass is 10.1. The van der Waals surface area contributed by atoms with E-state index in [9.17, 15) is 18.0 Å². The van der Waals surface area contributed by atoms with Crippen LogP contribution in [0.2, 0.25) is 0 Å². The molecule has 2 aliphatic rings. The van der Waals surface area contributed by atoms with Crippen molar-refractivity contribution in [3.8, 4) is 0 Å². The molecule has 2 atom stereocenters. The van der Waals surface area contributed by atoms with Crippen molar-refractivity contribution in [3.63, 3.8) is 0 Å². The first kappa shape index (κ1) is 15.4. The van der Waals surface area contributed by atoms with E-state index in [1.54, 1.807) is 18.2 Å². The molecule has 0 saturated carbocycles. The Morgan fingerprint density at radius 2 is 2.18 bits per heavy atom. The van der Waals surface area contributed by atoms with Crippen molar-refractivity contribution >= 4 is 39.1 Å². The van der Waals surface area contributed by atoms with Gasteiger partial charge >= 0.3 is 0 Å². The lowest BCUT2D eigenvalue weighted by Gasteiger charge is -2.22. The van der Waals surface area contributed by atoms with Gasteiger partial charge in [-0.05, 0) is 31.5 Å². The van der Waals surface area contributed by atoms with Gasteiger partial charge < -0.3 is 10.6 Å². The highest BCUT2D eigenvalue weighted by Crippen LogP contribution is 2.35. The number of anilines is 1. The zero-order valence-electron chi connectivity index (χ0n) is 12.0. The van der Waals surface area contributed by atoms with E-state index in [1.165, 1.54) is 11.8 Å². The monoisotopic (exact) mass is 340 g/mol. The van der Waals surface area contributed by atoms with Crippen LogP contribution in [0.4, 0.5) is 5.69 Å². The minimum atomic E-state index is -3.03. The molecule has 0 bridgehead atoms. The number of benzene rings is 1. The van der Waals surface area contributed by atoms with Crippen molar-refractivity contribution in [2.75, 3.05) is 16.8 Å². The van der Waals surface area contributed by atoms with Gasteiger partial charge in [-0.3, -0.25) is 9.59 Å². The first-order valence-corrected chi connectivity index (χ1v) is 9.67. The van der Waals surface area contributed by atoms with Gasteiger partial charge in [-0.2, -0.15) is 0 Å². The molecule has 3 rings (SSSR count). The molecule has 8 heteroatoms. The number of carbonyl (C=O) groups excluding carboxylic acids is 2. The highest BCUT2D eigenvalue weighted by atomic mass is 32.2. The smallest absolute Gasteiger partial charge is 0.251 e. The van der Waals surface area contributed by atoms with Gasteiger partial charge in [-0.15, -0.1) is 11.8 Å². The quantitative estimate of drug-likeness (QED) is 0.839. The summed E-state index contributed by atoms with van der Waals surface area (Å²) in [4.78, 5) is 24.8. The summed E-state index contributed by atoms with van der Waals surface area (Å²) in [5.74, 6) is -0.291. The van der Waals surface area contributed by atoms with Gasteiger partial charge in [0.05, 0.1) is 22.4 Å². The molecule has 6 nitrogen and oxygen atoms in total. The molecule has 2 unspecified atom stereocenters. The zero-order valence-corrected chi connectivity index (χ0v) is 13.6. The fourth-order valence-electron chi connectivity index (χ4n) is 2.53. The van der Waals surface area contributed by atoms with E-state index in [2.05, 4.69) is 10.6 Å². The van der Waals surface area contributed by atoms with Crippen LogP contribution >= 0.6 is 11.8 Å². The highest BCUT2D eigenvalue weighted by molar-refractivity contribution is 8.01. The molecule has 22 heavy (non-hydrogen) atoms. The van der Waals surface area contributed by atoms with E-state index in [0.29, 0.717) is 17.7 Å². The maximum atomic E-state index is 12.2. The fourth-order valence-corrected chi connectivity index (χ4v) is 5.13. The summed E-state index contributed by atoms with van der Waals surface area (Å²) in [6, 6.07) is 4.79. The number of hydrogen-bond donors (Lipinski definition) is 2. The van der Waals surface area contributed by atoms with Crippen LogP contribution in [0.1, 0.15) is 23.7 Å². The maximum Gasteiger partial charge on any atom is 0.251 e. The van der Waals surface area contributed by atoms with Crippen LogP contribution in [-0.4, -0.2) is 43.0 Å². The molecule has 2 amide bonds. The van der Waals surface area contributed by atoms with Crippen LogP contribution < -0.4 is 10.6 Å². The van der Waals surface area contributed by atoms with Crippen LogP contribution in [0.25, 0.3) is 0 Å². The first-order chi connectivity index (χ1) is 10.3. The fraction of sp³-hybridized carbons (Fsp3) is 0.429. The molecule has 0 radical (unpaired) electrons. The Bertz CT molecular complexity index is 745. The van der Waals surface area contributed by atoms with Gasteiger partial charge in [-0.1, -0.05) is 0 Å². The number of carbonyl (C=O) groups is 2. The number of amides is 2. The van der Waals surface area contributed by atoms with Crippen molar-refractivity contribution in [2.45, 2.75) is 29.5 Å². The second-order valence-electron chi connectivity index (χ2n) is 5.53. The van der Waals surface area contributed by atoms with Crippen molar-refractivity contribution in [1.29, 1.82) is 0 Å². The molecule has 1 aromatic rings. The van der Waals surface area contributed by atoms with Crippen LogP contribution in [-0.2, 0) is 14.6 Å². The van der Waals surface area contributed by atoms with E-state index in [0.717, 1.165) is 4.90 Å². The number of nitrogens with one attached hydrogen (secondary N) is 2. The van der Waals surface area contributed by atoms with Crippen LogP contribution in [0.3, 0.4) is 0 Å². The Hall–Kier alpha value is -1.54. The summed E-state index contributed by atoms with van der Waals surface area (Å²) in [6.07, 6.45) is 0.448. The summed E-state index contributed by atoms with van der Waals surface area (Å²) in [5.41, 5.74) is 1.04. The SMILES string of the molecule is CC1Sc2ccc(C(=O)NC3CCS(=O)(=O)C3)cc2NC1=O. The maximum absolute atomic E-state index is 12.2. The normalized spacial score (nSPS) is 26.1. The molecule has 118 valence electrons.